The van der Waals surface area contributed by atoms with E-state index in [1.165, 1.54) is 0 Å². The van der Waals surface area contributed by atoms with Crippen LogP contribution in [0.25, 0.3) is 0 Å². The van der Waals surface area contributed by atoms with Crippen molar-refractivity contribution in [2.75, 3.05) is 43.4 Å². The highest BCUT2D eigenvalue weighted by Gasteiger charge is 2.22. The molecule has 0 spiro atoms. The van der Waals surface area contributed by atoms with E-state index in [0.29, 0.717) is 47.6 Å². The van der Waals surface area contributed by atoms with Crippen LogP contribution in [0.15, 0.2) is 48.5 Å². The van der Waals surface area contributed by atoms with Crippen molar-refractivity contribution < 1.29 is 9.59 Å². The highest BCUT2D eigenvalue weighted by atomic mass is 35.5. The minimum Gasteiger partial charge on any atom is -0.324 e. The number of halogens is 2. The molecule has 0 bridgehead atoms. The number of amides is 3. The van der Waals surface area contributed by atoms with Gasteiger partial charge in [0.25, 0.3) is 0 Å². The summed E-state index contributed by atoms with van der Waals surface area (Å²) >= 11 is 12.0. The largest absolute Gasteiger partial charge is 0.324 e. The first-order valence-electron chi connectivity index (χ1n) is 8.59. The zero-order chi connectivity index (χ0) is 19.2. The molecular formula is C19H20Cl2N4O2. The molecule has 6 nitrogen and oxygen atoms in total. The van der Waals surface area contributed by atoms with Gasteiger partial charge in [0.15, 0.2) is 0 Å². The second kappa shape index (κ2) is 9.08. The molecule has 0 aromatic heterocycles. The van der Waals surface area contributed by atoms with E-state index in [1.54, 1.807) is 41.3 Å². The minimum absolute atomic E-state index is 0.125. The summed E-state index contributed by atoms with van der Waals surface area (Å²) in [6.45, 7) is 2.60. The van der Waals surface area contributed by atoms with Crippen LogP contribution >= 0.6 is 23.2 Å². The molecule has 1 aliphatic heterocycles. The summed E-state index contributed by atoms with van der Waals surface area (Å²) in [5.41, 5.74) is 1.26. The molecule has 1 saturated heterocycles. The predicted molar refractivity (Wildman–Crippen MR) is 109 cm³/mol. The Balaban J connectivity index is 1.45. The summed E-state index contributed by atoms with van der Waals surface area (Å²) in [5, 5.41) is 6.73. The molecule has 0 unspecified atom stereocenters. The number of anilines is 2. The zero-order valence-electron chi connectivity index (χ0n) is 14.6. The minimum atomic E-state index is -0.169. The van der Waals surface area contributed by atoms with Gasteiger partial charge in [-0.1, -0.05) is 41.4 Å². The van der Waals surface area contributed by atoms with Crippen molar-refractivity contribution in [1.29, 1.82) is 0 Å². The van der Waals surface area contributed by atoms with Gasteiger partial charge in [0.2, 0.25) is 5.91 Å². The summed E-state index contributed by atoms with van der Waals surface area (Å²) in [6.07, 6.45) is 0. The fraction of sp³-hybridized carbons (Fsp3) is 0.263. The van der Waals surface area contributed by atoms with Crippen LogP contribution in [0, 0.1) is 0 Å². The normalized spacial score (nSPS) is 14.7. The number of piperazine rings is 1. The molecule has 142 valence electrons. The van der Waals surface area contributed by atoms with Crippen LogP contribution in [0.2, 0.25) is 10.0 Å². The van der Waals surface area contributed by atoms with Gasteiger partial charge in [0.05, 0.1) is 17.3 Å². The van der Waals surface area contributed by atoms with Gasteiger partial charge < -0.3 is 15.5 Å². The van der Waals surface area contributed by atoms with E-state index in [1.807, 2.05) is 17.0 Å². The Kier molecular flexibility index (Phi) is 6.55. The number of carbonyl (C=O) groups excluding carboxylic acids is 2. The SMILES string of the molecule is O=C(CN1CCN(C(=O)Nc2cccc(Cl)c2)CC1)Nc1ccccc1Cl. The highest BCUT2D eigenvalue weighted by Crippen LogP contribution is 2.20. The molecular weight excluding hydrogens is 387 g/mol. The zero-order valence-corrected chi connectivity index (χ0v) is 16.1. The third-order valence-corrected chi connectivity index (χ3v) is 4.82. The average molecular weight is 407 g/mol. The van der Waals surface area contributed by atoms with Crippen LogP contribution in [0.4, 0.5) is 16.2 Å². The van der Waals surface area contributed by atoms with Crippen LogP contribution < -0.4 is 10.6 Å². The maximum absolute atomic E-state index is 12.3. The van der Waals surface area contributed by atoms with Crippen LogP contribution in [-0.2, 0) is 4.79 Å². The lowest BCUT2D eigenvalue weighted by Gasteiger charge is -2.34. The highest BCUT2D eigenvalue weighted by molar-refractivity contribution is 6.33. The molecule has 0 atom stereocenters. The second-order valence-corrected chi connectivity index (χ2v) is 7.08. The lowest BCUT2D eigenvalue weighted by atomic mass is 10.3. The molecule has 8 heteroatoms. The lowest BCUT2D eigenvalue weighted by Crippen LogP contribution is -2.51. The van der Waals surface area contributed by atoms with Crippen LogP contribution in [0.3, 0.4) is 0 Å². The van der Waals surface area contributed by atoms with E-state index < -0.39 is 0 Å². The summed E-state index contributed by atoms with van der Waals surface area (Å²) in [5.74, 6) is -0.125. The number of para-hydroxylation sites is 1. The Hall–Kier alpha value is -2.28. The van der Waals surface area contributed by atoms with Gasteiger partial charge in [0, 0.05) is 36.9 Å². The summed E-state index contributed by atoms with van der Waals surface area (Å²) < 4.78 is 0. The Morgan fingerprint density at radius 3 is 2.37 bits per heavy atom. The number of benzene rings is 2. The van der Waals surface area contributed by atoms with Gasteiger partial charge in [-0.3, -0.25) is 9.69 Å². The number of hydrogen-bond donors (Lipinski definition) is 2. The Morgan fingerprint density at radius 2 is 1.67 bits per heavy atom. The molecule has 0 saturated carbocycles. The standard InChI is InChI=1S/C19H20Cl2N4O2/c20-14-4-3-5-15(12-14)22-19(27)25-10-8-24(9-11-25)13-18(26)23-17-7-2-1-6-16(17)21/h1-7,12H,8-11,13H2,(H,22,27)(H,23,26). The van der Waals surface area contributed by atoms with E-state index in [2.05, 4.69) is 10.6 Å². The summed E-state index contributed by atoms with van der Waals surface area (Å²) in [6, 6.07) is 14.0. The predicted octanol–water partition coefficient (Wildman–Crippen LogP) is 3.78. The number of carbonyl (C=O) groups is 2. The van der Waals surface area contributed by atoms with E-state index in [9.17, 15) is 9.59 Å². The van der Waals surface area contributed by atoms with Crippen molar-refractivity contribution in [1.82, 2.24) is 9.80 Å². The Labute approximate surface area is 168 Å². The van der Waals surface area contributed by atoms with Crippen molar-refractivity contribution in [2.45, 2.75) is 0 Å². The molecule has 2 aromatic carbocycles. The number of nitrogens with one attached hydrogen (secondary N) is 2. The van der Waals surface area contributed by atoms with E-state index >= 15 is 0 Å². The smallest absolute Gasteiger partial charge is 0.321 e. The lowest BCUT2D eigenvalue weighted by molar-refractivity contribution is -0.117. The third kappa shape index (κ3) is 5.60. The fourth-order valence-electron chi connectivity index (χ4n) is 2.83. The van der Waals surface area contributed by atoms with Crippen molar-refractivity contribution >= 4 is 46.5 Å². The first-order chi connectivity index (χ1) is 13.0. The summed E-state index contributed by atoms with van der Waals surface area (Å²) in [4.78, 5) is 28.3. The van der Waals surface area contributed by atoms with E-state index in [4.69, 9.17) is 23.2 Å². The van der Waals surface area contributed by atoms with Gasteiger partial charge in [-0.05, 0) is 30.3 Å². The first-order valence-corrected chi connectivity index (χ1v) is 9.35. The van der Waals surface area contributed by atoms with Crippen molar-refractivity contribution in [3.63, 3.8) is 0 Å². The van der Waals surface area contributed by atoms with Crippen molar-refractivity contribution in [3.05, 3.63) is 58.6 Å². The van der Waals surface area contributed by atoms with Gasteiger partial charge in [-0.2, -0.15) is 0 Å². The molecule has 2 aromatic rings. The van der Waals surface area contributed by atoms with Crippen LogP contribution in [0.1, 0.15) is 0 Å². The quantitative estimate of drug-likeness (QED) is 0.811. The maximum atomic E-state index is 12.3. The van der Waals surface area contributed by atoms with Gasteiger partial charge in [0.1, 0.15) is 0 Å². The monoisotopic (exact) mass is 406 g/mol. The first kappa shape index (κ1) is 19.5. The molecule has 1 aliphatic rings. The Bertz CT molecular complexity index is 823. The van der Waals surface area contributed by atoms with E-state index in [-0.39, 0.29) is 18.5 Å². The van der Waals surface area contributed by atoms with Gasteiger partial charge in [-0.25, -0.2) is 4.79 Å². The van der Waals surface area contributed by atoms with Crippen LogP contribution in [0.5, 0.6) is 0 Å². The molecule has 27 heavy (non-hydrogen) atoms. The molecule has 1 heterocycles. The fourth-order valence-corrected chi connectivity index (χ4v) is 3.21. The topological polar surface area (TPSA) is 64.7 Å². The number of rotatable bonds is 4. The van der Waals surface area contributed by atoms with Crippen molar-refractivity contribution in [2.24, 2.45) is 0 Å². The number of hydrogen-bond acceptors (Lipinski definition) is 3. The third-order valence-electron chi connectivity index (χ3n) is 4.25. The second-order valence-electron chi connectivity index (χ2n) is 6.23. The van der Waals surface area contributed by atoms with E-state index in [0.717, 1.165) is 0 Å². The van der Waals surface area contributed by atoms with Gasteiger partial charge in [-0.15, -0.1) is 0 Å². The molecule has 3 amide bonds. The molecule has 0 radical (unpaired) electrons. The number of nitrogens with zero attached hydrogens (tertiary/aromatic N) is 2. The Morgan fingerprint density at radius 1 is 0.926 bits per heavy atom. The van der Waals surface area contributed by atoms with Gasteiger partial charge >= 0.3 is 6.03 Å². The molecule has 0 aliphatic carbocycles. The summed E-state index contributed by atoms with van der Waals surface area (Å²) in [7, 11) is 0. The number of urea groups is 1. The average Bonchev–Trinajstić information content (AvgIpc) is 2.64. The molecule has 2 N–H and O–H groups in total. The maximum Gasteiger partial charge on any atom is 0.321 e. The van der Waals surface area contributed by atoms with Crippen molar-refractivity contribution in [3.8, 4) is 0 Å². The van der Waals surface area contributed by atoms with Crippen LogP contribution in [-0.4, -0.2) is 54.5 Å². The molecule has 1 fully saturated rings. The molecule has 3 rings (SSSR count).